The number of hydrogen-bond acceptors (Lipinski definition) is 1. The second kappa shape index (κ2) is 5.80. The maximum Gasteiger partial charge on any atom is 0.0281 e. The standard InChI is InChI=1S/C16H15N/c1-17-13-16-11-9-15(10-12-16)8-7-14-5-3-2-4-6-14/h2-13H,1H3/b8-7+,17-13+. The maximum absolute atomic E-state index is 3.99. The van der Waals surface area contributed by atoms with Gasteiger partial charge in [0.2, 0.25) is 0 Å². The van der Waals surface area contributed by atoms with Gasteiger partial charge in [0, 0.05) is 13.3 Å². The molecule has 0 unspecified atom stereocenters. The van der Waals surface area contributed by atoms with E-state index in [1.807, 2.05) is 24.4 Å². The lowest BCUT2D eigenvalue weighted by atomic mass is 10.1. The third-order valence-corrected chi connectivity index (χ3v) is 2.48. The molecule has 0 aliphatic carbocycles. The van der Waals surface area contributed by atoms with Gasteiger partial charge in [0.25, 0.3) is 0 Å². The van der Waals surface area contributed by atoms with E-state index >= 15 is 0 Å². The highest BCUT2D eigenvalue weighted by molar-refractivity contribution is 5.80. The lowest BCUT2D eigenvalue weighted by Gasteiger charge is -1.96. The quantitative estimate of drug-likeness (QED) is 0.550. The first-order chi connectivity index (χ1) is 8.38. The van der Waals surface area contributed by atoms with Gasteiger partial charge in [0.15, 0.2) is 0 Å². The number of rotatable bonds is 3. The van der Waals surface area contributed by atoms with E-state index in [0.717, 1.165) is 5.56 Å². The van der Waals surface area contributed by atoms with Gasteiger partial charge in [-0.25, -0.2) is 0 Å². The highest BCUT2D eigenvalue weighted by Gasteiger charge is 1.89. The Morgan fingerprint density at radius 1 is 0.706 bits per heavy atom. The zero-order chi connectivity index (χ0) is 11.9. The van der Waals surface area contributed by atoms with Crippen LogP contribution in [0.1, 0.15) is 16.7 Å². The summed E-state index contributed by atoms with van der Waals surface area (Å²) in [5, 5.41) is 0. The fourth-order valence-corrected chi connectivity index (χ4v) is 1.60. The van der Waals surface area contributed by atoms with E-state index in [2.05, 4.69) is 53.5 Å². The van der Waals surface area contributed by atoms with Crippen molar-refractivity contribution in [1.29, 1.82) is 0 Å². The fourth-order valence-electron chi connectivity index (χ4n) is 1.60. The number of aliphatic imine (C=N–C) groups is 1. The molecule has 0 bridgehead atoms. The zero-order valence-electron chi connectivity index (χ0n) is 9.88. The van der Waals surface area contributed by atoms with Gasteiger partial charge in [-0.05, 0) is 16.7 Å². The van der Waals surface area contributed by atoms with Gasteiger partial charge in [0.1, 0.15) is 0 Å². The zero-order valence-corrected chi connectivity index (χ0v) is 9.88. The summed E-state index contributed by atoms with van der Waals surface area (Å²) < 4.78 is 0. The molecule has 0 saturated carbocycles. The molecule has 0 fully saturated rings. The Hall–Kier alpha value is -2.15. The van der Waals surface area contributed by atoms with E-state index in [4.69, 9.17) is 0 Å². The third-order valence-electron chi connectivity index (χ3n) is 2.48. The van der Waals surface area contributed by atoms with Crippen molar-refractivity contribution in [2.24, 2.45) is 4.99 Å². The van der Waals surface area contributed by atoms with E-state index < -0.39 is 0 Å². The summed E-state index contributed by atoms with van der Waals surface area (Å²) in [6.07, 6.45) is 6.08. The van der Waals surface area contributed by atoms with Crippen LogP contribution in [0.3, 0.4) is 0 Å². The Bertz CT molecular complexity index is 507. The topological polar surface area (TPSA) is 12.4 Å². The van der Waals surface area contributed by atoms with Crippen molar-refractivity contribution in [1.82, 2.24) is 0 Å². The summed E-state index contributed by atoms with van der Waals surface area (Å²) >= 11 is 0. The minimum Gasteiger partial charge on any atom is -0.296 e. The first kappa shape index (κ1) is 11.3. The Balaban J connectivity index is 2.11. The molecule has 0 N–H and O–H groups in total. The molecule has 0 heterocycles. The van der Waals surface area contributed by atoms with Crippen LogP contribution in [0.4, 0.5) is 0 Å². The number of nitrogens with zero attached hydrogens (tertiary/aromatic N) is 1. The Labute approximate surface area is 102 Å². The summed E-state index contributed by atoms with van der Waals surface area (Å²) in [7, 11) is 1.78. The first-order valence-corrected chi connectivity index (χ1v) is 5.64. The molecule has 2 aromatic rings. The van der Waals surface area contributed by atoms with Gasteiger partial charge in [-0.15, -0.1) is 0 Å². The van der Waals surface area contributed by atoms with Crippen molar-refractivity contribution in [2.45, 2.75) is 0 Å². The Morgan fingerprint density at radius 2 is 1.24 bits per heavy atom. The van der Waals surface area contributed by atoms with Crippen LogP contribution in [-0.4, -0.2) is 13.3 Å². The van der Waals surface area contributed by atoms with E-state index in [-0.39, 0.29) is 0 Å². The summed E-state index contributed by atoms with van der Waals surface area (Å²) in [5.74, 6) is 0. The monoisotopic (exact) mass is 221 g/mol. The van der Waals surface area contributed by atoms with Crippen LogP contribution < -0.4 is 0 Å². The Morgan fingerprint density at radius 3 is 1.82 bits per heavy atom. The van der Waals surface area contributed by atoms with E-state index in [1.54, 1.807) is 7.05 Å². The molecular formula is C16H15N. The van der Waals surface area contributed by atoms with Crippen LogP contribution in [0.2, 0.25) is 0 Å². The predicted molar refractivity (Wildman–Crippen MR) is 75.3 cm³/mol. The minimum atomic E-state index is 1.13. The lowest BCUT2D eigenvalue weighted by molar-refractivity contribution is 1.46. The molecule has 17 heavy (non-hydrogen) atoms. The molecule has 1 heteroatoms. The van der Waals surface area contributed by atoms with Crippen LogP contribution in [0.25, 0.3) is 12.2 Å². The SMILES string of the molecule is C/N=C/c1ccc(/C=C/c2ccccc2)cc1. The van der Waals surface area contributed by atoms with Gasteiger partial charge in [0.05, 0.1) is 0 Å². The molecule has 0 saturated heterocycles. The molecule has 0 aromatic heterocycles. The molecule has 1 nitrogen and oxygen atoms in total. The number of hydrogen-bond donors (Lipinski definition) is 0. The van der Waals surface area contributed by atoms with Crippen LogP contribution in [0.15, 0.2) is 59.6 Å². The van der Waals surface area contributed by atoms with Crippen molar-refractivity contribution < 1.29 is 0 Å². The average molecular weight is 221 g/mol. The van der Waals surface area contributed by atoms with Crippen LogP contribution >= 0.6 is 0 Å². The Kier molecular flexibility index (Phi) is 3.87. The average Bonchev–Trinajstić information content (AvgIpc) is 2.40. The third kappa shape index (κ3) is 3.42. The van der Waals surface area contributed by atoms with Gasteiger partial charge in [-0.1, -0.05) is 66.7 Å². The molecule has 0 aliphatic rings. The van der Waals surface area contributed by atoms with Crippen molar-refractivity contribution in [3.63, 3.8) is 0 Å². The van der Waals surface area contributed by atoms with E-state index in [0.29, 0.717) is 0 Å². The summed E-state index contributed by atoms with van der Waals surface area (Å²) in [6, 6.07) is 18.6. The smallest absolute Gasteiger partial charge is 0.0281 e. The van der Waals surface area contributed by atoms with Gasteiger partial charge in [-0.3, -0.25) is 4.99 Å². The molecular weight excluding hydrogens is 206 g/mol. The van der Waals surface area contributed by atoms with Gasteiger partial charge < -0.3 is 0 Å². The molecule has 0 aliphatic heterocycles. The summed E-state index contributed by atoms with van der Waals surface area (Å²) in [5.41, 5.74) is 3.54. The maximum atomic E-state index is 3.99. The van der Waals surface area contributed by atoms with E-state index in [9.17, 15) is 0 Å². The van der Waals surface area contributed by atoms with Crippen molar-refractivity contribution in [3.8, 4) is 0 Å². The molecule has 0 spiro atoms. The predicted octanol–water partition coefficient (Wildman–Crippen LogP) is 3.91. The van der Waals surface area contributed by atoms with Crippen molar-refractivity contribution >= 4 is 18.4 Å². The minimum absolute atomic E-state index is 1.13. The lowest BCUT2D eigenvalue weighted by Crippen LogP contribution is -1.80. The van der Waals surface area contributed by atoms with Crippen molar-refractivity contribution in [2.75, 3.05) is 7.05 Å². The fraction of sp³-hybridized carbons (Fsp3) is 0.0625. The van der Waals surface area contributed by atoms with Gasteiger partial charge in [-0.2, -0.15) is 0 Å². The van der Waals surface area contributed by atoms with Crippen LogP contribution in [0, 0.1) is 0 Å². The molecule has 2 aromatic carbocycles. The van der Waals surface area contributed by atoms with Crippen molar-refractivity contribution in [3.05, 3.63) is 71.3 Å². The molecule has 0 radical (unpaired) electrons. The molecule has 0 atom stereocenters. The first-order valence-electron chi connectivity index (χ1n) is 5.64. The highest BCUT2D eigenvalue weighted by atomic mass is 14.6. The highest BCUT2D eigenvalue weighted by Crippen LogP contribution is 2.08. The normalized spacial score (nSPS) is 11.4. The van der Waals surface area contributed by atoms with Crippen LogP contribution in [0.5, 0.6) is 0 Å². The largest absolute Gasteiger partial charge is 0.296 e. The summed E-state index contributed by atoms with van der Waals surface area (Å²) in [6.45, 7) is 0. The number of benzene rings is 2. The van der Waals surface area contributed by atoms with Crippen LogP contribution in [-0.2, 0) is 0 Å². The van der Waals surface area contributed by atoms with E-state index in [1.165, 1.54) is 11.1 Å². The molecule has 0 amide bonds. The molecule has 2 rings (SSSR count). The second-order valence-electron chi connectivity index (χ2n) is 3.80. The summed E-state index contributed by atoms with van der Waals surface area (Å²) in [4.78, 5) is 3.99. The molecule has 84 valence electrons. The van der Waals surface area contributed by atoms with Gasteiger partial charge >= 0.3 is 0 Å². The second-order valence-corrected chi connectivity index (χ2v) is 3.80.